The van der Waals surface area contributed by atoms with Crippen LogP contribution in [-0.2, 0) is 127 Å². The molecule has 0 radical (unpaired) electrons. The zero-order valence-corrected chi connectivity index (χ0v) is 86.1. The van der Waals surface area contributed by atoms with Crippen LogP contribution >= 0.6 is 0 Å². The number of aromatic hydroxyl groups is 3. The lowest BCUT2D eigenvalue weighted by Crippen LogP contribution is -2.53. The number of hydrogen-bond acceptors (Lipinski definition) is 28. The van der Waals surface area contributed by atoms with E-state index >= 15 is 19.2 Å². The van der Waals surface area contributed by atoms with Crippen LogP contribution in [0.2, 0.25) is 0 Å². The number of aliphatic hydroxyl groups is 3. The van der Waals surface area contributed by atoms with Gasteiger partial charge in [0, 0.05) is 131 Å². The van der Waals surface area contributed by atoms with Crippen molar-refractivity contribution in [2.75, 3.05) is 200 Å². The smallest absolute Gasteiger partial charge is 0.242 e. The minimum absolute atomic E-state index is 0.00917. The average Bonchev–Trinajstić information content (AvgIpc) is 1.57. The largest absolute Gasteiger partial charge is 0.508 e. The van der Waals surface area contributed by atoms with Crippen LogP contribution in [0.5, 0.6) is 17.2 Å². The minimum Gasteiger partial charge on any atom is -0.508 e. The molecule has 794 valence electrons. The van der Waals surface area contributed by atoms with Crippen molar-refractivity contribution in [2.45, 2.75) is 210 Å². The van der Waals surface area contributed by atoms with E-state index in [1.165, 1.54) is 115 Å². The number of nitrogens with two attached hydrogens (primary N) is 1. The Hall–Kier alpha value is -10.7. The lowest BCUT2D eigenvalue weighted by Gasteiger charge is -2.52. The number of fused-ring (bicyclic) bond motifs is 15. The number of aryl methyl sites for hydroxylation is 6. The van der Waals surface area contributed by atoms with E-state index in [-0.39, 0.29) is 159 Å². The molecular formula is C105H153N19O21. The summed E-state index contributed by atoms with van der Waals surface area (Å²) in [6.45, 7) is 1.80. The second-order valence-corrected chi connectivity index (χ2v) is 42.7. The Bertz CT molecular complexity index is 5510. The molecule has 9 amide bonds. The summed E-state index contributed by atoms with van der Waals surface area (Å²) in [5.41, 5.74) is 9.13. The normalized spacial score (nSPS) is 26.1. The molecule has 6 saturated carbocycles. The van der Waals surface area contributed by atoms with Crippen molar-refractivity contribution in [3.63, 3.8) is 0 Å². The Morgan fingerprint density at radius 2 is 0.621 bits per heavy atom. The monoisotopic (exact) mass is 2020 g/mol. The SMILES string of the molecule is COCCN(CC(N)=O)C(=O)CN(CCOC)C(=O)CN(CCCn1cc(C2(O)CCC3C4CCc5cc(O)ccc5C4CCC32C)nn1)C(=O)CN(CCOC)C(=O)CN(CCOC)C(=O)CN(CCCn1cc(C2(O)CCC3C4CCc5cc(O)ccc5C4CCC32C)nn1)C(=O)CN(CCOC)C(=O)CN(CCOC)C(=O)CNCCCn1cc(C2(O)CCC3C4CCc5cc(O)ccc5C4CCC32C)nn1. The van der Waals surface area contributed by atoms with E-state index in [1.54, 1.807) is 44.6 Å². The van der Waals surface area contributed by atoms with Crippen LogP contribution in [0.3, 0.4) is 0 Å². The van der Waals surface area contributed by atoms with Gasteiger partial charge in [-0.2, -0.15) is 0 Å². The van der Waals surface area contributed by atoms with Crippen molar-refractivity contribution in [1.82, 2.24) is 89.5 Å². The molecule has 3 aromatic carbocycles. The highest BCUT2D eigenvalue weighted by Gasteiger charge is 2.67. The molecule has 3 heterocycles. The predicted molar refractivity (Wildman–Crippen MR) is 530 cm³/mol. The number of hydrogen-bond donors (Lipinski definition) is 8. The average molecular weight is 2020 g/mol. The van der Waals surface area contributed by atoms with Gasteiger partial charge in [-0.05, 0) is 264 Å². The van der Waals surface area contributed by atoms with Crippen LogP contribution in [0.4, 0.5) is 0 Å². The lowest BCUT2D eigenvalue weighted by atomic mass is 9.53. The minimum atomic E-state index is -1.32. The van der Waals surface area contributed by atoms with Gasteiger partial charge in [0.15, 0.2) is 0 Å². The number of phenols is 3. The van der Waals surface area contributed by atoms with E-state index in [1.807, 2.05) is 24.4 Å². The summed E-state index contributed by atoms with van der Waals surface area (Å²) >= 11 is 0. The zero-order chi connectivity index (χ0) is 103. The molecule has 0 bridgehead atoms. The summed E-state index contributed by atoms with van der Waals surface area (Å²) in [5, 5.41) is 100. The number of ether oxygens (including phenoxy) is 6. The van der Waals surface area contributed by atoms with Gasteiger partial charge in [0.2, 0.25) is 53.2 Å². The second-order valence-electron chi connectivity index (χ2n) is 42.7. The summed E-state index contributed by atoms with van der Waals surface area (Å²) in [4.78, 5) is 142. The molecule has 15 atom stereocenters. The van der Waals surface area contributed by atoms with Crippen molar-refractivity contribution >= 4 is 53.2 Å². The number of nitrogens with one attached hydrogen (secondary N) is 1. The molecule has 0 aliphatic heterocycles. The molecule has 9 aliphatic rings. The highest BCUT2D eigenvalue weighted by atomic mass is 16.5. The molecule has 6 aromatic rings. The Morgan fingerprint density at radius 3 is 0.897 bits per heavy atom. The van der Waals surface area contributed by atoms with Gasteiger partial charge < -0.3 is 109 Å². The summed E-state index contributed by atoms with van der Waals surface area (Å²) < 4.78 is 37.6. The fraction of sp³-hybridized carbons (Fsp3) is 0.686. The number of rotatable bonds is 51. The van der Waals surface area contributed by atoms with Crippen molar-refractivity contribution in [1.29, 1.82) is 0 Å². The Balaban J connectivity index is 0.632. The molecule has 9 aliphatic carbocycles. The molecule has 40 nitrogen and oxygen atoms in total. The number of primary amides is 1. The Kier molecular flexibility index (Phi) is 35.7. The zero-order valence-electron chi connectivity index (χ0n) is 86.1. The van der Waals surface area contributed by atoms with Gasteiger partial charge in [-0.1, -0.05) is 54.6 Å². The summed E-state index contributed by atoms with van der Waals surface area (Å²) in [5.74, 6) is -2.55. The maximum Gasteiger partial charge on any atom is 0.242 e. The molecule has 6 fully saturated rings. The van der Waals surface area contributed by atoms with Crippen LogP contribution in [-0.4, -0.2) is 368 Å². The molecule has 0 spiro atoms. The summed E-state index contributed by atoms with van der Waals surface area (Å²) in [6.07, 6.45) is 20.5. The van der Waals surface area contributed by atoms with Crippen molar-refractivity contribution in [3.05, 3.63) is 124 Å². The quantitative estimate of drug-likeness (QED) is 0.0234. The van der Waals surface area contributed by atoms with Crippen LogP contribution in [0.1, 0.15) is 205 Å². The van der Waals surface area contributed by atoms with E-state index in [0.717, 1.165) is 96.3 Å². The van der Waals surface area contributed by atoms with Crippen molar-refractivity contribution in [3.8, 4) is 17.2 Å². The summed E-state index contributed by atoms with van der Waals surface area (Å²) in [7, 11) is 8.59. The number of benzene rings is 3. The van der Waals surface area contributed by atoms with Crippen molar-refractivity contribution < 1.29 is 102 Å². The first kappa shape index (κ1) is 109. The number of aromatic nitrogens is 9. The van der Waals surface area contributed by atoms with Gasteiger partial charge >= 0.3 is 0 Å². The van der Waals surface area contributed by atoms with Gasteiger partial charge in [0.05, 0.1) is 117 Å². The number of carbonyl (C=O) groups excluding carboxylic acids is 9. The van der Waals surface area contributed by atoms with Crippen LogP contribution < -0.4 is 11.1 Å². The van der Waals surface area contributed by atoms with E-state index in [4.69, 9.17) is 34.2 Å². The van der Waals surface area contributed by atoms with Crippen LogP contribution in [0, 0.1) is 51.8 Å². The predicted octanol–water partition coefficient (Wildman–Crippen LogP) is 4.96. The molecule has 145 heavy (non-hydrogen) atoms. The van der Waals surface area contributed by atoms with Gasteiger partial charge in [0.1, 0.15) is 51.1 Å². The Labute approximate surface area is 848 Å². The molecule has 15 unspecified atom stereocenters. The van der Waals surface area contributed by atoms with Crippen molar-refractivity contribution in [2.24, 2.45) is 57.5 Å². The molecule has 40 heteroatoms. The lowest BCUT2D eigenvalue weighted by molar-refractivity contribution is -0.149. The molecule has 0 saturated heterocycles. The topological polar surface area (TPSA) is 486 Å². The highest BCUT2D eigenvalue weighted by Crippen LogP contribution is 2.70. The number of nitrogens with zero attached hydrogens (tertiary/aromatic N) is 17. The van der Waals surface area contributed by atoms with Gasteiger partial charge in [-0.15, -0.1) is 15.3 Å². The highest BCUT2D eigenvalue weighted by molar-refractivity contribution is 5.94. The number of methoxy groups -OCH3 is 6. The summed E-state index contributed by atoms with van der Waals surface area (Å²) in [6, 6.07) is 17.2. The standard InChI is InChI=1S/C105H153N19O21/c1-100-31-25-79-76-22-16-73(125)55-70(76)13-19-82(79)85(100)28-34-103(100,137)88-59-122(111-108-88)40-10-37-107-58-92(129)117(44-50-141-5)65-98(135)118(45-51-142-6)66-93(130)115(39-12-42-124-61-90(110-113-124)105(139)36-30-87-84-21-15-72-57-75(127)18-24-78(72)81(84)27-33-102(87,105)3)64-97(134)121(48-54-145-9)69-99(136)119(46-52-143-7)67-94(131)114(63-96(133)120(47-53-144-8)68-95(132)116(43-49-140-4)62-91(106)128)38-11-41-123-60-89(109-112-123)104(138)35-29-86-83-20-14-71-56-74(126)17-23-77(71)80(83)26-32-101(86,104)2/h16-18,22-24,55-57,59-61,79-87,107,125-127,137-139H,10-15,19-21,25-54,58,62-69H2,1-9H3,(H2,106,128). The molecule has 15 rings (SSSR count). The third kappa shape index (κ3) is 23.4. The third-order valence-electron chi connectivity index (χ3n) is 35.0. The van der Waals surface area contributed by atoms with E-state index in [9.17, 15) is 54.6 Å². The van der Waals surface area contributed by atoms with Gasteiger partial charge in [0.25, 0.3) is 0 Å². The maximum absolute atomic E-state index is 15.5. The molecule has 9 N–H and O–H groups in total. The third-order valence-corrected chi connectivity index (χ3v) is 35.0. The Morgan fingerprint density at radius 1 is 0.359 bits per heavy atom. The first-order valence-corrected chi connectivity index (χ1v) is 52.1. The van der Waals surface area contributed by atoms with Crippen LogP contribution in [0.25, 0.3) is 0 Å². The number of phenolic OH excluding ortho intramolecular Hbond substituents is 3. The molecular weight excluding hydrogens is 1860 g/mol. The van der Waals surface area contributed by atoms with E-state index < -0.39 is 139 Å². The number of carbonyl (C=O) groups is 9. The fourth-order valence-electron chi connectivity index (χ4n) is 26.9. The first-order chi connectivity index (χ1) is 69.6. The maximum atomic E-state index is 15.5. The van der Waals surface area contributed by atoms with Gasteiger partial charge in [-0.25, -0.2) is 0 Å². The second kappa shape index (κ2) is 47.6. The first-order valence-electron chi connectivity index (χ1n) is 52.1. The van der Waals surface area contributed by atoms with Gasteiger partial charge in [-0.3, -0.25) is 57.2 Å². The number of amides is 9. The van der Waals surface area contributed by atoms with E-state index in [2.05, 4.69) is 75.2 Å². The van der Waals surface area contributed by atoms with Crippen LogP contribution in [0.15, 0.2) is 73.2 Å². The fourth-order valence-corrected chi connectivity index (χ4v) is 26.9. The van der Waals surface area contributed by atoms with E-state index in [0.29, 0.717) is 91.4 Å². The molecule has 3 aromatic heterocycles.